The van der Waals surface area contributed by atoms with Gasteiger partial charge in [0.1, 0.15) is 0 Å². The number of nitrogens with zero attached hydrogens (tertiary/aromatic N) is 1. The van der Waals surface area contributed by atoms with E-state index in [2.05, 4.69) is 6.08 Å². The van der Waals surface area contributed by atoms with Crippen molar-refractivity contribution in [2.24, 2.45) is 5.92 Å². The fraction of sp³-hybridized carbons (Fsp3) is 0.615. The van der Waals surface area contributed by atoms with Gasteiger partial charge in [-0.2, -0.15) is 5.26 Å². The van der Waals surface area contributed by atoms with Crippen molar-refractivity contribution in [2.45, 2.75) is 44.9 Å². The van der Waals surface area contributed by atoms with Gasteiger partial charge in [0.15, 0.2) is 0 Å². The number of nitriles is 1. The minimum Gasteiger partial charge on any atom is -0.193 e. The van der Waals surface area contributed by atoms with Crippen molar-refractivity contribution in [3.8, 4) is 6.07 Å². The van der Waals surface area contributed by atoms with E-state index in [1.165, 1.54) is 51.0 Å². The van der Waals surface area contributed by atoms with E-state index in [1.54, 1.807) is 6.08 Å². The van der Waals surface area contributed by atoms with Crippen molar-refractivity contribution >= 4 is 0 Å². The van der Waals surface area contributed by atoms with Crippen LogP contribution in [0.4, 0.5) is 0 Å². The van der Waals surface area contributed by atoms with Gasteiger partial charge in [0, 0.05) is 6.08 Å². The first-order chi connectivity index (χ1) is 6.93. The predicted molar refractivity (Wildman–Crippen MR) is 59.7 cm³/mol. The first-order valence-corrected chi connectivity index (χ1v) is 5.65. The van der Waals surface area contributed by atoms with E-state index in [1.807, 2.05) is 12.1 Å². The second kappa shape index (κ2) is 7.38. The molecule has 0 spiro atoms. The third-order valence-electron chi connectivity index (χ3n) is 2.88. The lowest BCUT2D eigenvalue weighted by molar-refractivity contribution is 0.341. The molecule has 0 aromatic rings. The summed E-state index contributed by atoms with van der Waals surface area (Å²) in [6.45, 7) is 0. The molecular weight excluding hydrogens is 170 g/mol. The summed E-state index contributed by atoms with van der Waals surface area (Å²) < 4.78 is 0. The van der Waals surface area contributed by atoms with Crippen LogP contribution in [0.2, 0.25) is 0 Å². The maximum absolute atomic E-state index is 8.26. The largest absolute Gasteiger partial charge is 0.193 e. The second-order valence-corrected chi connectivity index (χ2v) is 4.00. The number of hydrogen-bond donors (Lipinski definition) is 0. The molecule has 1 saturated carbocycles. The van der Waals surface area contributed by atoms with Gasteiger partial charge in [0.25, 0.3) is 0 Å². The topological polar surface area (TPSA) is 23.8 Å². The highest BCUT2D eigenvalue weighted by Gasteiger charge is 2.11. The molecule has 0 atom stereocenters. The lowest BCUT2D eigenvalue weighted by Gasteiger charge is -2.20. The Morgan fingerprint density at radius 2 is 1.93 bits per heavy atom. The van der Waals surface area contributed by atoms with E-state index < -0.39 is 0 Å². The molecule has 0 saturated heterocycles. The van der Waals surface area contributed by atoms with Crippen molar-refractivity contribution < 1.29 is 0 Å². The van der Waals surface area contributed by atoms with E-state index in [-0.39, 0.29) is 0 Å². The molecule has 1 rings (SSSR count). The molecule has 14 heavy (non-hydrogen) atoms. The minimum atomic E-state index is 0.966. The Morgan fingerprint density at radius 3 is 2.64 bits per heavy atom. The Hall–Kier alpha value is -1.03. The zero-order valence-electron chi connectivity index (χ0n) is 8.78. The average Bonchev–Trinajstić information content (AvgIpc) is 2.25. The molecule has 0 amide bonds. The molecule has 76 valence electrons. The van der Waals surface area contributed by atoms with Crippen molar-refractivity contribution in [1.29, 1.82) is 5.26 Å². The van der Waals surface area contributed by atoms with Crippen LogP contribution in [-0.4, -0.2) is 0 Å². The van der Waals surface area contributed by atoms with Gasteiger partial charge in [0.05, 0.1) is 6.07 Å². The van der Waals surface area contributed by atoms with Crippen molar-refractivity contribution in [3.63, 3.8) is 0 Å². The summed E-state index contributed by atoms with van der Waals surface area (Å²) in [6, 6.07) is 1.98. The van der Waals surface area contributed by atoms with Gasteiger partial charge in [-0.3, -0.25) is 0 Å². The molecule has 0 bridgehead atoms. The molecule has 1 aliphatic carbocycles. The molecular formula is C13H19N. The van der Waals surface area contributed by atoms with Gasteiger partial charge in [-0.05, 0) is 18.8 Å². The monoisotopic (exact) mass is 189 g/mol. The van der Waals surface area contributed by atoms with Crippen molar-refractivity contribution in [3.05, 3.63) is 24.3 Å². The van der Waals surface area contributed by atoms with Gasteiger partial charge in [-0.15, -0.1) is 0 Å². The normalized spacial score (nSPS) is 19.1. The Balaban J connectivity index is 2.05. The summed E-state index contributed by atoms with van der Waals surface area (Å²) in [4.78, 5) is 0. The lowest BCUT2D eigenvalue weighted by Crippen LogP contribution is -2.05. The van der Waals surface area contributed by atoms with Gasteiger partial charge in [-0.25, -0.2) is 0 Å². The van der Waals surface area contributed by atoms with Crippen LogP contribution in [0.25, 0.3) is 0 Å². The quantitative estimate of drug-likeness (QED) is 0.484. The van der Waals surface area contributed by atoms with Gasteiger partial charge in [-0.1, -0.05) is 50.3 Å². The van der Waals surface area contributed by atoms with Crippen LogP contribution < -0.4 is 0 Å². The van der Waals surface area contributed by atoms with Gasteiger partial charge < -0.3 is 0 Å². The van der Waals surface area contributed by atoms with Crippen LogP contribution in [0.3, 0.4) is 0 Å². The van der Waals surface area contributed by atoms with Crippen LogP contribution in [0.1, 0.15) is 44.9 Å². The summed E-state index contributed by atoms with van der Waals surface area (Å²) in [7, 11) is 0. The predicted octanol–water partition coefficient (Wildman–Crippen LogP) is 3.98. The fourth-order valence-electron chi connectivity index (χ4n) is 2.08. The number of rotatable bonds is 4. The molecule has 0 aromatic carbocycles. The summed E-state index contributed by atoms with van der Waals surface area (Å²) in [5.41, 5.74) is 0. The van der Waals surface area contributed by atoms with Crippen molar-refractivity contribution in [2.75, 3.05) is 0 Å². The molecule has 1 aliphatic rings. The first-order valence-electron chi connectivity index (χ1n) is 5.65. The smallest absolute Gasteiger partial charge is 0.0912 e. The molecule has 1 nitrogen and oxygen atoms in total. The third-order valence-corrected chi connectivity index (χ3v) is 2.88. The van der Waals surface area contributed by atoms with Crippen molar-refractivity contribution in [1.82, 2.24) is 0 Å². The van der Waals surface area contributed by atoms with Crippen LogP contribution in [0, 0.1) is 17.2 Å². The zero-order chi connectivity index (χ0) is 10.1. The highest BCUT2D eigenvalue weighted by atomic mass is 14.2. The third kappa shape index (κ3) is 4.87. The van der Waals surface area contributed by atoms with Crippen LogP contribution in [0.5, 0.6) is 0 Å². The molecule has 1 fully saturated rings. The van der Waals surface area contributed by atoms with Gasteiger partial charge >= 0.3 is 0 Å². The molecule has 0 aliphatic heterocycles. The van der Waals surface area contributed by atoms with E-state index in [4.69, 9.17) is 5.26 Å². The number of hydrogen-bond acceptors (Lipinski definition) is 1. The van der Waals surface area contributed by atoms with E-state index in [0.717, 1.165) is 5.92 Å². The summed E-state index contributed by atoms with van der Waals surface area (Å²) in [5.74, 6) is 0.966. The lowest BCUT2D eigenvalue weighted by atomic mass is 9.86. The Labute approximate surface area is 87.1 Å². The highest BCUT2D eigenvalue weighted by molar-refractivity contribution is 5.11. The average molecular weight is 189 g/mol. The molecule has 0 aromatic heterocycles. The standard InChI is InChI=1S/C13H19N/c14-12-8-3-1-2-5-9-13-10-6-4-7-11-13/h1-3,8,13H,4-7,9-11H2. The molecule has 0 unspecified atom stereocenters. The van der Waals surface area contributed by atoms with Crippen LogP contribution in [-0.2, 0) is 0 Å². The Morgan fingerprint density at radius 1 is 1.14 bits per heavy atom. The Bertz CT molecular complexity index is 226. The highest BCUT2D eigenvalue weighted by Crippen LogP contribution is 2.27. The maximum Gasteiger partial charge on any atom is 0.0912 e. The fourth-order valence-corrected chi connectivity index (χ4v) is 2.08. The summed E-state index contributed by atoms with van der Waals surface area (Å²) in [5, 5.41) is 8.26. The Kier molecular flexibility index (Phi) is 5.82. The number of allylic oxidation sites excluding steroid dienone is 4. The second-order valence-electron chi connectivity index (χ2n) is 4.00. The SMILES string of the molecule is N#CC=CC=CCCC1CCCCC1. The van der Waals surface area contributed by atoms with Crippen LogP contribution >= 0.6 is 0 Å². The molecule has 0 radical (unpaired) electrons. The summed E-state index contributed by atoms with van der Waals surface area (Å²) >= 11 is 0. The zero-order valence-corrected chi connectivity index (χ0v) is 8.78. The van der Waals surface area contributed by atoms with E-state index >= 15 is 0 Å². The van der Waals surface area contributed by atoms with E-state index in [0.29, 0.717) is 0 Å². The molecule has 0 N–H and O–H groups in total. The molecule has 1 heteroatoms. The minimum absolute atomic E-state index is 0.966. The first kappa shape index (κ1) is 11.0. The molecule has 0 heterocycles. The maximum atomic E-state index is 8.26. The summed E-state index contributed by atoms with van der Waals surface area (Å²) in [6.07, 6.45) is 17.1. The van der Waals surface area contributed by atoms with E-state index in [9.17, 15) is 0 Å². The van der Waals surface area contributed by atoms with Gasteiger partial charge in [0.2, 0.25) is 0 Å². The van der Waals surface area contributed by atoms with Crippen LogP contribution in [0.15, 0.2) is 24.3 Å².